The van der Waals surface area contributed by atoms with Crippen molar-refractivity contribution in [2.24, 2.45) is 0 Å². The first-order valence-electron chi connectivity index (χ1n) is 6.13. The predicted molar refractivity (Wildman–Crippen MR) is 61.9 cm³/mol. The maximum Gasteiger partial charge on any atom is 0.0960 e. The second kappa shape index (κ2) is 6.05. The van der Waals surface area contributed by atoms with Crippen LogP contribution in [-0.2, 0) is 0 Å². The summed E-state index contributed by atoms with van der Waals surface area (Å²) in [6.07, 6.45) is 8.54. The average molecular weight is 196 g/mol. The van der Waals surface area contributed by atoms with E-state index in [-0.39, 0.29) is 0 Å². The van der Waals surface area contributed by atoms with E-state index in [9.17, 15) is 0 Å². The van der Waals surface area contributed by atoms with Crippen LogP contribution in [0.1, 0.15) is 58.8 Å². The van der Waals surface area contributed by atoms with Crippen LogP contribution in [0.2, 0.25) is 0 Å². The van der Waals surface area contributed by atoms with Crippen LogP contribution < -0.4 is 0 Å². The van der Waals surface area contributed by atoms with Crippen LogP contribution in [0.3, 0.4) is 0 Å². The van der Waals surface area contributed by atoms with Gasteiger partial charge in [-0.05, 0) is 25.7 Å². The Morgan fingerprint density at radius 2 is 2.07 bits per heavy atom. The number of hydrogen-bond donors (Lipinski definition) is 1. The van der Waals surface area contributed by atoms with Crippen LogP contribution in [0.15, 0.2) is 0 Å². The summed E-state index contributed by atoms with van der Waals surface area (Å²) >= 11 is 0. The minimum absolute atomic E-state index is 0.650. The number of rotatable bonds is 3. The Morgan fingerprint density at radius 3 is 2.71 bits per heavy atom. The minimum atomic E-state index is 0.650. The van der Waals surface area contributed by atoms with E-state index in [1.54, 1.807) is 0 Å². The van der Waals surface area contributed by atoms with Crippen molar-refractivity contribution in [3.63, 3.8) is 0 Å². The highest BCUT2D eigenvalue weighted by molar-refractivity contribution is 5.79. The molecule has 1 rings (SSSR count). The van der Waals surface area contributed by atoms with E-state index in [0.29, 0.717) is 6.04 Å². The second-order valence-corrected chi connectivity index (χ2v) is 4.30. The summed E-state index contributed by atoms with van der Waals surface area (Å²) in [5, 5.41) is 8.04. The normalized spacial score (nSPS) is 23.3. The first kappa shape index (κ1) is 11.5. The summed E-state index contributed by atoms with van der Waals surface area (Å²) in [4.78, 5) is 2.36. The van der Waals surface area contributed by atoms with Gasteiger partial charge in [0.05, 0.1) is 5.84 Å². The predicted octanol–water partition coefficient (Wildman–Crippen LogP) is 3.42. The van der Waals surface area contributed by atoms with Gasteiger partial charge in [-0.25, -0.2) is 0 Å². The van der Waals surface area contributed by atoms with Crippen molar-refractivity contribution in [1.82, 2.24) is 4.90 Å². The molecule has 0 aromatic carbocycles. The number of nitrogens with one attached hydrogen (secondary N) is 1. The van der Waals surface area contributed by atoms with Gasteiger partial charge in [0.1, 0.15) is 0 Å². The van der Waals surface area contributed by atoms with E-state index >= 15 is 0 Å². The van der Waals surface area contributed by atoms with E-state index < -0.39 is 0 Å². The molecule has 1 N–H and O–H groups in total. The van der Waals surface area contributed by atoms with Gasteiger partial charge in [0.25, 0.3) is 0 Å². The number of hydrogen-bond acceptors (Lipinski definition) is 1. The first-order valence-corrected chi connectivity index (χ1v) is 6.13. The van der Waals surface area contributed by atoms with Gasteiger partial charge < -0.3 is 4.90 Å². The number of nitrogens with zero attached hydrogens (tertiary/aromatic N) is 1. The highest BCUT2D eigenvalue weighted by Gasteiger charge is 2.20. The third-order valence-corrected chi connectivity index (χ3v) is 3.18. The molecule has 1 saturated heterocycles. The van der Waals surface area contributed by atoms with Gasteiger partial charge in [0.15, 0.2) is 0 Å². The van der Waals surface area contributed by atoms with Crippen LogP contribution in [0, 0.1) is 5.41 Å². The maximum absolute atomic E-state index is 8.04. The highest BCUT2D eigenvalue weighted by Crippen LogP contribution is 2.20. The van der Waals surface area contributed by atoms with Gasteiger partial charge in [-0.1, -0.05) is 26.7 Å². The summed E-state index contributed by atoms with van der Waals surface area (Å²) in [5.41, 5.74) is 0. The monoisotopic (exact) mass is 196 g/mol. The van der Waals surface area contributed by atoms with Crippen molar-refractivity contribution >= 4 is 5.84 Å². The summed E-state index contributed by atoms with van der Waals surface area (Å²) in [6.45, 7) is 5.53. The third-order valence-electron chi connectivity index (χ3n) is 3.18. The van der Waals surface area contributed by atoms with Crippen molar-refractivity contribution in [2.75, 3.05) is 6.54 Å². The quantitative estimate of drug-likeness (QED) is 0.543. The van der Waals surface area contributed by atoms with Crippen LogP contribution in [0.4, 0.5) is 0 Å². The average Bonchev–Trinajstić information content (AvgIpc) is 2.42. The molecule has 1 fully saturated rings. The molecule has 0 aromatic heterocycles. The lowest BCUT2D eigenvalue weighted by atomic mass is 10.1. The Bertz CT molecular complexity index is 177. The minimum Gasteiger partial charge on any atom is -0.358 e. The number of amidine groups is 1. The summed E-state index contributed by atoms with van der Waals surface area (Å²) in [6, 6.07) is 0.650. The molecule has 1 atom stereocenters. The zero-order valence-electron chi connectivity index (χ0n) is 9.68. The van der Waals surface area contributed by atoms with E-state index in [2.05, 4.69) is 18.7 Å². The lowest BCUT2D eigenvalue weighted by Crippen LogP contribution is -2.39. The molecule has 1 aliphatic rings. The highest BCUT2D eigenvalue weighted by atomic mass is 15.2. The Labute approximate surface area is 88.2 Å². The van der Waals surface area contributed by atoms with E-state index in [1.807, 2.05) is 0 Å². The summed E-state index contributed by atoms with van der Waals surface area (Å²) in [7, 11) is 0. The summed E-state index contributed by atoms with van der Waals surface area (Å²) < 4.78 is 0. The van der Waals surface area contributed by atoms with Crippen molar-refractivity contribution in [1.29, 1.82) is 5.41 Å². The molecule has 2 heteroatoms. The molecular formula is C12H24N2. The van der Waals surface area contributed by atoms with Gasteiger partial charge in [-0.15, -0.1) is 0 Å². The van der Waals surface area contributed by atoms with E-state index in [0.717, 1.165) is 25.2 Å². The van der Waals surface area contributed by atoms with Crippen molar-refractivity contribution in [2.45, 2.75) is 64.8 Å². The maximum atomic E-state index is 8.04. The molecule has 1 heterocycles. The Hall–Kier alpha value is -0.530. The van der Waals surface area contributed by atoms with Crippen LogP contribution in [-0.4, -0.2) is 23.3 Å². The van der Waals surface area contributed by atoms with Crippen molar-refractivity contribution in [3.8, 4) is 0 Å². The standard InChI is InChI=1S/C12H24N2/c1-3-8-12(13)14-10-7-5-6-9-11(14)4-2/h11,13H,3-10H2,1-2H3. The SMILES string of the molecule is CCCC(=N)N1CCCCCC1CC. The van der Waals surface area contributed by atoms with Gasteiger partial charge in [-0.3, -0.25) is 5.41 Å². The second-order valence-electron chi connectivity index (χ2n) is 4.30. The molecule has 0 spiro atoms. The molecule has 0 aromatic rings. The van der Waals surface area contributed by atoms with E-state index in [1.165, 1.54) is 32.1 Å². The van der Waals surface area contributed by atoms with Crippen molar-refractivity contribution < 1.29 is 0 Å². The topological polar surface area (TPSA) is 27.1 Å². The van der Waals surface area contributed by atoms with Crippen LogP contribution in [0.5, 0.6) is 0 Å². The van der Waals surface area contributed by atoms with Gasteiger partial charge in [0, 0.05) is 19.0 Å². The third kappa shape index (κ3) is 3.00. The fraction of sp³-hybridized carbons (Fsp3) is 0.917. The molecular weight excluding hydrogens is 172 g/mol. The number of likely N-dealkylation sites (tertiary alicyclic amines) is 1. The van der Waals surface area contributed by atoms with E-state index in [4.69, 9.17) is 5.41 Å². The lowest BCUT2D eigenvalue weighted by Gasteiger charge is -2.31. The zero-order valence-corrected chi connectivity index (χ0v) is 9.68. The largest absolute Gasteiger partial charge is 0.358 e. The molecule has 2 nitrogen and oxygen atoms in total. The van der Waals surface area contributed by atoms with Crippen LogP contribution in [0.25, 0.3) is 0 Å². The molecule has 14 heavy (non-hydrogen) atoms. The lowest BCUT2D eigenvalue weighted by molar-refractivity contribution is 0.299. The molecule has 82 valence electrons. The first-order chi connectivity index (χ1) is 6.79. The molecule has 0 saturated carbocycles. The molecule has 0 bridgehead atoms. The van der Waals surface area contributed by atoms with Gasteiger partial charge >= 0.3 is 0 Å². The Kier molecular flexibility index (Phi) is 4.99. The van der Waals surface area contributed by atoms with Crippen LogP contribution >= 0.6 is 0 Å². The summed E-state index contributed by atoms with van der Waals surface area (Å²) in [5.74, 6) is 0.876. The Morgan fingerprint density at radius 1 is 1.29 bits per heavy atom. The smallest absolute Gasteiger partial charge is 0.0960 e. The molecule has 1 aliphatic heterocycles. The van der Waals surface area contributed by atoms with Gasteiger partial charge in [-0.2, -0.15) is 0 Å². The molecule has 1 unspecified atom stereocenters. The van der Waals surface area contributed by atoms with Crippen molar-refractivity contribution in [3.05, 3.63) is 0 Å². The Balaban J connectivity index is 2.55. The van der Waals surface area contributed by atoms with Gasteiger partial charge in [0.2, 0.25) is 0 Å². The molecule has 0 aliphatic carbocycles. The fourth-order valence-corrected chi connectivity index (χ4v) is 2.34. The molecule has 0 radical (unpaired) electrons. The molecule has 0 amide bonds. The zero-order chi connectivity index (χ0) is 10.4. The fourth-order valence-electron chi connectivity index (χ4n) is 2.34.